The molecule has 11 heteroatoms. The molecule has 0 saturated heterocycles. The number of carbonyl (C=O) groups is 2. The minimum absolute atomic E-state index is 0.0305. The summed E-state index contributed by atoms with van der Waals surface area (Å²) in [7, 11) is -4.04. The summed E-state index contributed by atoms with van der Waals surface area (Å²) in [6.45, 7) is 4.63. The van der Waals surface area contributed by atoms with Crippen molar-refractivity contribution in [3.8, 4) is 0 Å². The first kappa shape index (κ1) is 27.7. The van der Waals surface area contributed by atoms with Crippen molar-refractivity contribution in [1.29, 1.82) is 0 Å². The molecule has 0 aliphatic carbocycles. The first-order valence-electron chi connectivity index (χ1n) is 10.6. The lowest BCUT2D eigenvalue weighted by Crippen LogP contribution is -2.52. The predicted molar refractivity (Wildman–Crippen MR) is 131 cm³/mol. The van der Waals surface area contributed by atoms with E-state index in [0.717, 1.165) is 22.9 Å². The van der Waals surface area contributed by atoms with E-state index < -0.39 is 46.1 Å². The van der Waals surface area contributed by atoms with Gasteiger partial charge in [-0.15, -0.1) is 0 Å². The zero-order valence-corrected chi connectivity index (χ0v) is 21.8. The number of sulfonamides is 1. The fraction of sp³-hybridized carbons (Fsp3) is 0.391. The van der Waals surface area contributed by atoms with Crippen molar-refractivity contribution >= 4 is 43.5 Å². The predicted octanol–water partition coefficient (Wildman–Crippen LogP) is 3.83. The standard InChI is InChI=1S/C23H28BrF2N3O4S/c1-5-15(2)27-23(31)16(3)28(13-17-7-6-8-18(24)11-17)22(30)14-29(34(4,32)33)19-9-10-20(25)21(26)12-19/h6-12,15-16H,5,13-14H2,1-4H3,(H,27,31)/t15-,16-/m0/s1. The molecule has 2 aromatic carbocycles. The van der Waals surface area contributed by atoms with Gasteiger partial charge in [0.2, 0.25) is 21.8 Å². The highest BCUT2D eigenvalue weighted by atomic mass is 79.9. The molecule has 0 spiro atoms. The molecule has 0 fully saturated rings. The minimum atomic E-state index is -4.04. The van der Waals surface area contributed by atoms with E-state index in [1.54, 1.807) is 25.1 Å². The van der Waals surface area contributed by atoms with Crippen LogP contribution in [0.3, 0.4) is 0 Å². The summed E-state index contributed by atoms with van der Waals surface area (Å²) in [5.41, 5.74) is 0.513. The van der Waals surface area contributed by atoms with Gasteiger partial charge in [-0.05, 0) is 50.1 Å². The number of carbonyl (C=O) groups excluding carboxylic acids is 2. The van der Waals surface area contributed by atoms with E-state index in [4.69, 9.17) is 0 Å². The molecule has 2 aromatic rings. The summed E-state index contributed by atoms with van der Waals surface area (Å²) in [6.07, 6.45) is 1.55. The van der Waals surface area contributed by atoms with Gasteiger partial charge in [-0.3, -0.25) is 13.9 Å². The normalized spacial score (nSPS) is 13.1. The second-order valence-corrected chi connectivity index (χ2v) is 10.8. The zero-order valence-electron chi connectivity index (χ0n) is 19.4. The molecule has 2 rings (SSSR count). The zero-order chi connectivity index (χ0) is 25.6. The summed E-state index contributed by atoms with van der Waals surface area (Å²) in [5.74, 6) is -3.46. The number of rotatable bonds is 10. The molecule has 2 amide bonds. The number of nitrogens with one attached hydrogen (secondary N) is 1. The van der Waals surface area contributed by atoms with Crippen LogP contribution in [0.1, 0.15) is 32.8 Å². The number of hydrogen-bond donors (Lipinski definition) is 1. The van der Waals surface area contributed by atoms with Crippen LogP contribution in [0.5, 0.6) is 0 Å². The van der Waals surface area contributed by atoms with Crippen molar-refractivity contribution in [3.05, 3.63) is 64.1 Å². The Morgan fingerprint density at radius 3 is 2.32 bits per heavy atom. The van der Waals surface area contributed by atoms with Gasteiger partial charge in [-0.2, -0.15) is 0 Å². The number of benzene rings is 2. The van der Waals surface area contributed by atoms with Crippen LogP contribution in [0.4, 0.5) is 14.5 Å². The Morgan fingerprint density at radius 2 is 1.76 bits per heavy atom. The Bertz CT molecular complexity index is 1150. The molecule has 2 atom stereocenters. The largest absolute Gasteiger partial charge is 0.352 e. The average Bonchev–Trinajstić information content (AvgIpc) is 2.76. The fourth-order valence-electron chi connectivity index (χ4n) is 3.13. The molecule has 1 N–H and O–H groups in total. The van der Waals surface area contributed by atoms with Crippen LogP contribution < -0.4 is 9.62 Å². The maximum Gasteiger partial charge on any atom is 0.244 e. The maximum absolute atomic E-state index is 13.8. The molecule has 7 nitrogen and oxygen atoms in total. The maximum atomic E-state index is 13.8. The monoisotopic (exact) mass is 559 g/mol. The molecular weight excluding hydrogens is 532 g/mol. The van der Waals surface area contributed by atoms with Crippen LogP contribution in [-0.2, 0) is 26.2 Å². The van der Waals surface area contributed by atoms with Crippen LogP contribution in [0.2, 0.25) is 0 Å². The topological polar surface area (TPSA) is 86.8 Å². The van der Waals surface area contributed by atoms with Crippen molar-refractivity contribution in [2.24, 2.45) is 0 Å². The quantitative estimate of drug-likeness (QED) is 0.479. The van der Waals surface area contributed by atoms with Crippen LogP contribution in [0, 0.1) is 11.6 Å². The van der Waals surface area contributed by atoms with Crippen molar-refractivity contribution in [3.63, 3.8) is 0 Å². The second-order valence-electron chi connectivity index (χ2n) is 8.01. The van der Waals surface area contributed by atoms with Gasteiger partial charge < -0.3 is 10.2 Å². The van der Waals surface area contributed by atoms with E-state index in [-0.39, 0.29) is 18.3 Å². The highest BCUT2D eigenvalue weighted by Gasteiger charge is 2.30. The molecule has 0 saturated carbocycles. The van der Waals surface area contributed by atoms with Gasteiger partial charge in [0, 0.05) is 23.1 Å². The molecular formula is C23H28BrF2N3O4S. The minimum Gasteiger partial charge on any atom is -0.352 e. The average molecular weight is 560 g/mol. The van der Waals surface area contributed by atoms with Gasteiger partial charge in [0.15, 0.2) is 11.6 Å². The van der Waals surface area contributed by atoms with Gasteiger partial charge in [0.05, 0.1) is 11.9 Å². The fourth-order valence-corrected chi connectivity index (χ4v) is 4.42. The third kappa shape index (κ3) is 7.49. The van der Waals surface area contributed by atoms with Gasteiger partial charge in [-0.25, -0.2) is 17.2 Å². The molecule has 0 radical (unpaired) electrons. The lowest BCUT2D eigenvalue weighted by Gasteiger charge is -2.32. The number of nitrogens with zero attached hydrogens (tertiary/aromatic N) is 2. The Hall–Kier alpha value is -2.53. The number of anilines is 1. The van der Waals surface area contributed by atoms with Crippen molar-refractivity contribution in [2.45, 2.75) is 45.8 Å². The molecule has 0 aliphatic heterocycles. The van der Waals surface area contributed by atoms with Crippen LogP contribution >= 0.6 is 15.9 Å². The molecule has 34 heavy (non-hydrogen) atoms. The van der Waals surface area contributed by atoms with Gasteiger partial charge in [-0.1, -0.05) is 35.0 Å². The van der Waals surface area contributed by atoms with Crippen molar-refractivity contribution in [1.82, 2.24) is 10.2 Å². The van der Waals surface area contributed by atoms with Gasteiger partial charge >= 0.3 is 0 Å². The molecule has 0 aromatic heterocycles. The lowest BCUT2D eigenvalue weighted by molar-refractivity contribution is -0.139. The Kier molecular flexibility index (Phi) is 9.57. The first-order chi connectivity index (χ1) is 15.8. The van der Waals surface area contributed by atoms with E-state index in [1.807, 2.05) is 19.9 Å². The van der Waals surface area contributed by atoms with Gasteiger partial charge in [0.1, 0.15) is 12.6 Å². The van der Waals surface area contributed by atoms with E-state index in [0.29, 0.717) is 22.4 Å². The molecule has 186 valence electrons. The smallest absolute Gasteiger partial charge is 0.244 e. The summed E-state index contributed by atoms with van der Waals surface area (Å²) in [5, 5.41) is 2.83. The molecule has 0 aliphatic rings. The molecule has 0 bridgehead atoms. The van der Waals surface area contributed by atoms with E-state index in [1.165, 1.54) is 4.90 Å². The number of amides is 2. The highest BCUT2D eigenvalue weighted by Crippen LogP contribution is 2.22. The second kappa shape index (κ2) is 11.7. The Balaban J connectivity index is 2.41. The van der Waals surface area contributed by atoms with Crippen LogP contribution in [0.15, 0.2) is 46.9 Å². The first-order valence-corrected chi connectivity index (χ1v) is 13.2. The lowest BCUT2D eigenvalue weighted by atomic mass is 10.1. The molecule has 0 unspecified atom stereocenters. The van der Waals surface area contributed by atoms with Crippen molar-refractivity contribution < 1.29 is 26.8 Å². The third-order valence-corrected chi connectivity index (χ3v) is 6.91. The van der Waals surface area contributed by atoms with E-state index in [2.05, 4.69) is 21.2 Å². The highest BCUT2D eigenvalue weighted by molar-refractivity contribution is 9.10. The van der Waals surface area contributed by atoms with E-state index in [9.17, 15) is 26.8 Å². The number of hydrogen-bond acceptors (Lipinski definition) is 4. The summed E-state index contributed by atoms with van der Waals surface area (Å²) in [6, 6.07) is 8.66. The Labute approximate surface area is 207 Å². The molecule has 0 heterocycles. The summed E-state index contributed by atoms with van der Waals surface area (Å²) in [4.78, 5) is 27.5. The summed E-state index contributed by atoms with van der Waals surface area (Å²) >= 11 is 3.37. The summed E-state index contributed by atoms with van der Waals surface area (Å²) < 4.78 is 53.5. The number of halogens is 3. The van der Waals surface area contributed by atoms with Crippen LogP contribution in [0.25, 0.3) is 0 Å². The van der Waals surface area contributed by atoms with Crippen LogP contribution in [-0.4, -0.2) is 50.0 Å². The van der Waals surface area contributed by atoms with Gasteiger partial charge in [0.25, 0.3) is 0 Å². The van der Waals surface area contributed by atoms with Crippen molar-refractivity contribution in [2.75, 3.05) is 17.1 Å². The SMILES string of the molecule is CC[C@H](C)NC(=O)[C@H](C)N(Cc1cccc(Br)c1)C(=O)CN(c1ccc(F)c(F)c1)S(C)(=O)=O. The third-order valence-electron chi connectivity index (χ3n) is 5.28. The Morgan fingerprint density at radius 1 is 1.09 bits per heavy atom. The van der Waals surface area contributed by atoms with E-state index >= 15 is 0 Å².